The second kappa shape index (κ2) is 7.72. The van der Waals surface area contributed by atoms with E-state index in [1.807, 2.05) is 12.1 Å². The SMILES string of the molecule is CCC(c1ccccc1F)N(C)CCN1CCNCC1. The van der Waals surface area contributed by atoms with E-state index in [1.165, 1.54) is 0 Å². The lowest BCUT2D eigenvalue weighted by Gasteiger charge is -2.32. The Morgan fingerprint density at radius 3 is 2.65 bits per heavy atom. The van der Waals surface area contributed by atoms with Gasteiger partial charge in [0.2, 0.25) is 0 Å². The molecule has 2 rings (SSSR count). The molecular formula is C16H26FN3. The van der Waals surface area contributed by atoms with Gasteiger partial charge in [-0.1, -0.05) is 25.1 Å². The zero-order valence-electron chi connectivity index (χ0n) is 12.6. The lowest BCUT2D eigenvalue weighted by molar-refractivity contribution is 0.172. The van der Waals surface area contributed by atoms with Gasteiger partial charge in [-0.3, -0.25) is 9.80 Å². The number of halogens is 1. The Bertz CT molecular complexity index is 404. The van der Waals surface area contributed by atoms with Gasteiger partial charge in [0.15, 0.2) is 0 Å². The fraction of sp³-hybridized carbons (Fsp3) is 0.625. The lowest BCUT2D eigenvalue weighted by Crippen LogP contribution is -2.46. The normalized spacial score (nSPS) is 18.4. The molecule has 20 heavy (non-hydrogen) atoms. The summed E-state index contributed by atoms with van der Waals surface area (Å²) < 4.78 is 13.9. The molecule has 1 heterocycles. The first-order valence-corrected chi connectivity index (χ1v) is 7.60. The van der Waals surface area contributed by atoms with Gasteiger partial charge < -0.3 is 5.32 Å². The summed E-state index contributed by atoms with van der Waals surface area (Å²) in [6.07, 6.45) is 0.930. The van der Waals surface area contributed by atoms with Crippen LogP contribution in [0.25, 0.3) is 0 Å². The van der Waals surface area contributed by atoms with E-state index in [1.54, 1.807) is 12.1 Å². The number of rotatable bonds is 6. The number of nitrogens with one attached hydrogen (secondary N) is 1. The van der Waals surface area contributed by atoms with E-state index >= 15 is 0 Å². The van der Waals surface area contributed by atoms with E-state index in [0.29, 0.717) is 0 Å². The Balaban J connectivity index is 1.91. The van der Waals surface area contributed by atoms with Crippen molar-refractivity contribution in [2.45, 2.75) is 19.4 Å². The molecule has 1 N–H and O–H groups in total. The van der Waals surface area contributed by atoms with Crippen molar-refractivity contribution in [1.29, 1.82) is 0 Å². The summed E-state index contributed by atoms with van der Waals surface area (Å²) in [6, 6.07) is 7.31. The minimum absolute atomic E-state index is 0.0895. The van der Waals surface area contributed by atoms with Crippen LogP contribution in [0.2, 0.25) is 0 Å². The van der Waals surface area contributed by atoms with Gasteiger partial charge >= 0.3 is 0 Å². The molecule has 0 saturated carbocycles. The summed E-state index contributed by atoms with van der Waals surface area (Å²) in [5.41, 5.74) is 0.817. The molecular weight excluding hydrogens is 253 g/mol. The van der Waals surface area contributed by atoms with Crippen LogP contribution >= 0.6 is 0 Å². The molecule has 0 aromatic heterocycles. The molecule has 1 saturated heterocycles. The van der Waals surface area contributed by atoms with Gasteiger partial charge in [0.25, 0.3) is 0 Å². The van der Waals surface area contributed by atoms with Gasteiger partial charge in [0.05, 0.1) is 0 Å². The number of benzene rings is 1. The molecule has 1 aromatic carbocycles. The van der Waals surface area contributed by atoms with Gasteiger partial charge in [-0.15, -0.1) is 0 Å². The first kappa shape index (κ1) is 15.4. The third-order valence-electron chi connectivity index (χ3n) is 4.16. The molecule has 1 unspecified atom stereocenters. The predicted octanol–water partition coefficient (Wildman–Crippen LogP) is 2.11. The van der Waals surface area contributed by atoms with Crippen molar-refractivity contribution >= 4 is 0 Å². The van der Waals surface area contributed by atoms with E-state index in [-0.39, 0.29) is 11.9 Å². The second-order valence-corrected chi connectivity index (χ2v) is 5.52. The molecule has 1 atom stereocenters. The summed E-state index contributed by atoms with van der Waals surface area (Å²) >= 11 is 0. The molecule has 3 nitrogen and oxygen atoms in total. The minimum Gasteiger partial charge on any atom is -0.314 e. The monoisotopic (exact) mass is 279 g/mol. The van der Waals surface area contributed by atoms with Crippen molar-refractivity contribution in [3.8, 4) is 0 Å². The van der Waals surface area contributed by atoms with E-state index in [2.05, 4.69) is 29.1 Å². The Hall–Kier alpha value is -0.970. The van der Waals surface area contributed by atoms with E-state index < -0.39 is 0 Å². The molecule has 4 heteroatoms. The summed E-state index contributed by atoms with van der Waals surface area (Å²) in [5, 5.41) is 3.36. The number of piperazine rings is 1. The Morgan fingerprint density at radius 2 is 2.00 bits per heavy atom. The van der Waals surface area contributed by atoms with Gasteiger partial charge in [0, 0.05) is 50.9 Å². The van der Waals surface area contributed by atoms with Crippen LogP contribution in [0.15, 0.2) is 24.3 Å². The molecule has 0 amide bonds. The summed E-state index contributed by atoms with van der Waals surface area (Å²) in [5.74, 6) is -0.0895. The highest BCUT2D eigenvalue weighted by Crippen LogP contribution is 2.24. The Morgan fingerprint density at radius 1 is 1.30 bits per heavy atom. The maximum atomic E-state index is 13.9. The van der Waals surface area contributed by atoms with Crippen LogP contribution in [0.4, 0.5) is 4.39 Å². The van der Waals surface area contributed by atoms with Crippen molar-refractivity contribution in [1.82, 2.24) is 15.1 Å². The topological polar surface area (TPSA) is 18.5 Å². The summed E-state index contributed by atoms with van der Waals surface area (Å²) in [4.78, 5) is 4.75. The van der Waals surface area contributed by atoms with Crippen LogP contribution in [0.1, 0.15) is 24.9 Å². The van der Waals surface area contributed by atoms with Crippen molar-refractivity contribution in [2.75, 3.05) is 46.3 Å². The molecule has 0 spiro atoms. The molecule has 0 aliphatic carbocycles. The van der Waals surface area contributed by atoms with E-state index in [9.17, 15) is 4.39 Å². The average molecular weight is 279 g/mol. The van der Waals surface area contributed by atoms with Gasteiger partial charge in [-0.25, -0.2) is 4.39 Å². The average Bonchev–Trinajstić information content (AvgIpc) is 2.49. The maximum absolute atomic E-state index is 13.9. The van der Waals surface area contributed by atoms with Gasteiger partial charge in [-0.2, -0.15) is 0 Å². The van der Waals surface area contributed by atoms with Crippen molar-refractivity contribution in [2.24, 2.45) is 0 Å². The first-order chi connectivity index (χ1) is 9.72. The van der Waals surface area contributed by atoms with Crippen LogP contribution in [0.5, 0.6) is 0 Å². The Labute approximate surface area is 121 Å². The zero-order valence-corrected chi connectivity index (χ0v) is 12.6. The number of nitrogens with zero attached hydrogens (tertiary/aromatic N) is 2. The highest BCUT2D eigenvalue weighted by molar-refractivity contribution is 5.21. The van der Waals surface area contributed by atoms with E-state index in [0.717, 1.165) is 51.3 Å². The van der Waals surface area contributed by atoms with Crippen LogP contribution in [0.3, 0.4) is 0 Å². The Kier molecular flexibility index (Phi) is 5.95. The van der Waals surface area contributed by atoms with Crippen LogP contribution in [0, 0.1) is 5.82 Å². The molecule has 1 aliphatic rings. The number of hydrogen-bond acceptors (Lipinski definition) is 3. The fourth-order valence-corrected chi connectivity index (χ4v) is 2.90. The smallest absolute Gasteiger partial charge is 0.127 e. The van der Waals surface area contributed by atoms with Crippen molar-refractivity contribution < 1.29 is 4.39 Å². The van der Waals surface area contributed by atoms with Gasteiger partial charge in [-0.05, 0) is 19.5 Å². The fourth-order valence-electron chi connectivity index (χ4n) is 2.90. The zero-order chi connectivity index (χ0) is 14.4. The number of hydrogen-bond donors (Lipinski definition) is 1. The minimum atomic E-state index is -0.0895. The van der Waals surface area contributed by atoms with Crippen LogP contribution in [-0.2, 0) is 0 Å². The van der Waals surface area contributed by atoms with Gasteiger partial charge in [0.1, 0.15) is 5.82 Å². The summed E-state index contributed by atoms with van der Waals surface area (Å²) in [6.45, 7) is 8.55. The van der Waals surface area contributed by atoms with Crippen LogP contribution < -0.4 is 5.32 Å². The highest BCUT2D eigenvalue weighted by atomic mass is 19.1. The third kappa shape index (κ3) is 4.01. The van der Waals surface area contributed by atoms with Crippen molar-refractivity contribution in [3.05, 3.63) is 35.6 Å². The molecule has 0 bridgehead atoms. The first-order valence-electron chi connectivity index (χ1n) is 7.60. The summed E-state index contributed by atoms with van der Waals surface area (Å²) in [7, 11) is 2.10. The molecule has 1 aliphatic heterocycles. The standard InChI is InChI=1S/C16H26FN3/c1-3-16(14-6-4-5-7-15(14)17)19(2)12-13-20-10-8-18-9-11-20/h4-7,16,18H,3,8-13H2,1-2H3. The quantitative estimate of drug-likeness (QED) is 0.860. The maximum Gasteiger partial charge on any atom is 0.127 e. The number of likely N-dealkylation sites (N-methyl/N-ethyl adjacent to an activating group) is 1. The van der Waals surface area contributed by atoms with Crippen molar-refractivity contribution in [3.63, 3.8) is 0 Å². The molecule has 1 fully saturated rings. The molecule has 112 valence electrons. The largest absolute Gasteiger partial charge is 0.314 e. The second-order valence-electron chi connectivity index (χ2n) is 5.52. The predicted molar refractivity (Wildman–Crippen MR) is 81.4 cm³/mol. The highest BCUT2D eigenvalue weighted by Gasteiger charge is 2.19. The van der Waals surface area contributed by atoms with Crippen LogP contribution in [-0.4, -0.2) is 56.1 Å². The lowest BCUT2D eigenvalue weighted by atomic mass is 10.0. The molecule has 0 radical (unpaired) electrons. The third-order valence-corrected chi connectivity index (χ3v) is 4.16. The molecule has 1 aromatic rings. The van der Waals surface area contributed by atoms with E-state index in [4.69, 9.17) is 0 Å².